The van der Waals surface area contributed by atoms with E-state index in [9.17, 15) is 9.90 Å². The van der Waals surface area contributed by atoms with Crippen LogP contribution in [-0.4, -0.2) is 29.9 Å². The second kappa shape index (κ2) is 8.93. The van der Waals surface area contributed by atoms with Crippen LogP contribution in [0.15, 0.2) is 12.1 Å². The second-order valence-corrected chi connectivity index (χ2v) is 7.63. The van der Waals surface area contributed by atoms with Crippen LogP contribution in [0.5, 0.6) is 0 Å². The Hall–Kier alpha value is -0.230. The number of carbonyl (C=O) groups excluding carboxylic acids is 1. The minimum atomic E-state index is -0.179. The summed E-state index contributed by atoms with van der Waals surface area (Å²) in [6.45, 7) is 4.74. The van der Waals surface area contributed by atoms with Crippen molar-refractivity contribution >= 4 is 40.6 Å². The van der Waals surface area contributed by atoms with Crippen LogP contribution in [0.1, 0.15) is 31.6 Å². The van der Waals surface area contributed by atoms with Crippen molar-refractivity contribution in [1.82, 2.24) is 5.32 Å². The molecule has 0 aliphatic carbocycles. The maximum absolute atomic E-state index is 11.8. The van der Waals surface area contributed by atoms with E-state index in [1.54, 1.807) is 23.1 Å². The summed E-state index contributed by atoms with van der Waals surface area (Å²) in [4.78, 5) is 13.0. The quantitative estimate of drug-likeness (QED) is 0.725. The van der Waals surface area contributed by atoms with E-state index in [1.165, 1.54) is 4.88 Å². The summed E-state index contributed by atoms with van der Waals surface area (Å²) >= 11 is 8.98. The van der Waals surface area contributed by atoms with Crippen molar-refractivity contribution in [3.63, 3.8) is 0 Å². The molecule has 1 heterocycles. The topological polar surface area (TPSA) is 49.3 Å². The van der Waals surface area contributed by atoms with E-state index in [0.717, 1.165) is 22.9 Å². The van der Waals surface area contributed by atoms with Crippen LogP contribution in [0.25, 0.3) is 0 Å². The van der Waals surface area contributed by atoms with Crippen LogP contribution in [0.3, 0.4) is 0 Å². The first-order valence-electron chi connectivity index (χ1n) is 6.74. The van der Waals surface area contributed by atoms with Gasteiger partial charge < -0.3 is 10.4 Å². The van der Waals surface area contributed by atoms with Gasteiger partial charge in [0.05, 0.1) is 16.7 Å². The largest absolute Gasteiger partial charge is 0.396 e. The third-order valence-corrected chi connectivity index (χ3v) is 6.00. The van der Waals surface area contributed by atoms with Gasteiger partial charge in [-0.3, -0.25) is 4.79 Å². The lowest BCUT2D eigenvalue weighted by Crippen LogP contribution is -2.40. The first-order valence-corrected chi connectivity index (χ1v) is 9.09. The van der Waals surface area contributed by atoms with E-state index in [-0.39, 0.29) is 17.9 Å². The van der Waals surface area contributed by atoms with E-state index in [2.05, 4.69) is 5.32 Å². The second-order valence-electron chi connectivity index (χ2n) is 4.84. The van der Waals surface area contributed by atoms with Gasteiger partial charge in [0.1, 0.15) is 0 Å². The van der Waals surface area contributed by atoms with E-state index >= 15 is 0 Å². The third kappa shape index (κ3) is 5.64. The SMILES string of the molecule is CCC(CC)(CO)CNC(=O)CSCc1ccc(Cl)s1. The predicted molar refractivity (Wildman–Crippen MR) is 88.6 cm³/mol. The fraction of sp³-hybridized carbons (Fsp3) is 0.643. The third-order valence-electron chi connectivity index (χ3n) is 3.60. The molecule has 0 aliphatic heterocycles. The molecule has 0 spiro atoms. The van der Waals surface area contributed by atoms with Gasteiger partial charge in [-0.15, -0.1) is 23.1 Å². The van der Waals surface area contributed by atoms with E-state index in [4.69, 9.17) is 11.6 Å². The lowest BCUT2D eigenvalue weighted by Gasteiger charge is -2.29. The summed E-state index contributed by atoms with van der Waals surface area (Å²) in [5.74, 6) is 1.26. The van der Waals surface area contributed by atoms with Gasteiger partial charge in [-0.2, -0.15) is 0 Å². The Bertz CT molecular complexity index is 411. The number of carbonyl (C=O) groups is 1. The Kier molecular flexibility index (Phi) is 7.95. The van der Waals surface area contributed by atoms with Crippen molar-refractivity contribution in [2.24, 2.45) is 5.41 Å². The average Bonchev–Trinajstić information content (AvgIpc) is 2.87. The molecule has 0 atom stereocenters. The van der Waals surface area contributed by atoms with E-state index in [0.29, 0.717) is 12.3 Å². The Morgan fingerprint density at radius 1 is 1.45 bits per heavy atom. The van der Waals surface area contributed by atoms with Crippen molar-refractivity contribution in [3.8, 4) is 0 Å². The number of aliphatic hydroxyl groups excluding tert-OH is 1. The first-order chi connectivity index (χ1) is 9.55. The fourth-order valence-electron chi connectivity index (χ4n) is 1.79. The van der Waals surface area contributed by atoms with Crippen LogP contribution in [0.4, 0.5) is 0 Å². The molecule has 3 nitrogen and oxygen atoms in total. The zero-order chi connectivity index (χ0) is 15.0. The molecule has 0 aromatic carbocycles. The van der Waals surface area contributed by atoms with Crippen LogP contribution >= 0.6 is 34.7 Å². The first kappa shape index (κ1) is 17.8. The molecular weight excluding hydrogens is 314 g/mol. The normalized spacial score (nSPS) is 11.6. The maximum Gasteiger partial charge on any atom is 0.230 e. The smallest absolute Gasteiger partial charge is 0.230 e. The highest BCUT2D eigenvalue weighted by molar-refractivity contribution is 7.99. The van der Waals surface area contributed by atoms with Gasteiger partial charge in [0.2, 0.25) is 5.91 Å². The Labute approximate surface area is 134 Å². The number of thiophene rings is 1. The lowest BCUT2D eigenvalue weighted by atomic mass is 9.83. The number of hydrogen-bond acceptors (Lipinski definition) is 4. The molecule has 0 bridgehead atoms. The van der Waals surface area contributed by atoms with Crippen molar-refractivity contribution in [3.05, 3.63) is 21.3 Å². The predicted octanol–water partition coefficient (Wildman–Crippen LogP) is 3.55. The molecule has 0 radical (unpaired) electrons. The molecule has 0 unspecified atom stereocenters. The fourth-order valence-corrected chi connectivity index (χ4v) is 3.85. The van der Waals surface area contributed by atoms with E-state index in [1.807, 2.05) is 26.0 Å². The highest BCUT2D eigenvalue weighted by Gasteiger charge is 2.25. The molecule has 1 aromatic heterocycles. The molecular formula is C14H22ClNO2S2. The molecule has 1 rings (SSSR count). The standard InChI is InChI=1S/C14H22ClNO2S2/c1-3-14(4-2,10-17)9-16-13(18)8-19-7-11-5-6-12(15)20-11/h5-6,17H,3-4,7-10H2,1-2H3,(H,16,18). The van der Waals surface area contributed by atoms with E-state index < -0.39 is 0 Å². The number of thioether (sulfide) groups is 1. The van der Waals surface area contributed by atoms with Crippen LogP contribution in [0, 0.1) is 5.41 Å². The van der Waals surface area contributed by atoms with Gasteiger partial charge in [0.25, 0.3) is 0 Å². The van der Waals surface area contributed by atoms with Gasteiger partial charge in [-0.1, -0.05) is 25.4 Å². The zero-order valence-corrected chi connectivity index (χ0v) is 14.3. The molecule has 6 heteroatoms. The summed E-state index contributed by atoms with van der Waals surface area (Å²) < 4.78 is 0.781. The maximum atomic E-state index is 11.8. The van der Waals surface area contributed by atoms with Crippen molar-refractivity contribution in [2.75, 3.05) is 18.9 Å². The monoisotopic (exact) mass is 335 g/mol. The summed E-state index contributed by atoms with van der Waals surface area (Å²) in [5, 5.41) is 12.4. The highest BCUT2D eigenvalue weighted by atomic mass is 35.5. The number of amides is 1. The number of halogens is 1. The number of rotatable bonds is 9. The molecule has 114 valence electrons. The molecule has 0 fully saturated rings. The van der Waals surface area contributed by atoms with Crippen LogP contribution in [-0.2, 0) is 10.5 Å². The van der Waals surface area contributed by atoms with Gasteiger partial charge in [-0.25, -0.2) is 0 Å². The summed E-state index contributed by atoms with van der Waals surface area (Å²) in [6, 6.07) is 3.86. The molecule has 1 amide bonds. The minimum absolute atomic E-state index is 0.0254. The molecule has 0 saturated heterocycles. The van der Waals surface area contributed by atoms with Crippen LogP contribution < -0.4 is 5.32 Å². The van der Waals surface area contributed by atoms with Gasteiger partial charge in [0, 0.05) is 22.6 Å². The molecule has 1 aromatic rings. The highest BCUT2D eigenvalue weighted by Crippen LogP contribution is 2.26. The summed E-state index contributed by atoms with van der Waals surface area (Å²) in [5.41, 5.74) is -0.179. The molecule has 0 saturated carbocycles. The Morgan fingerprint density at radius 2 is 2.15 bits per heavy atom. The number of aliphatic hydroxyl groups is 1. The summed E-state index contributed by atoms with van der Waals surface area (Å²) in [6.07, 6.45) is 1.72. The van der Waals surface area contributed by atoms with Gasteiger partial charge in [-0.05, 0) is 25.0 Å². The average molecular weight is 336 g/mol. The van der Waals surface area contributed by atoms with Crippen molar-refractivity contribution in [1.29, 1.82) is 0 Å². The Balaban J connectivity index is 2.26. The molecule has 0 aliphatic rings. The Morgan fingerprint density at radius 3 is 2.65 bits per heavy atom. The molecule has 2 N–H and O–H groups in total. The summed E-state index contributed by atoms with van der Waals surface area (Å²) in [7, 11) is 0. The van der Waals surface area contributed by atoms with Crippen LogP contribution in [0.2, 0.25) is 4.34 Å². The van der Waals surface area contributed by atoms with Gasteiger partial charge >= 0.3 is 0 Å². The zero-order valence-electron chi connectivity index (χ0n) is 11.9. The number of nitrogens with one attached hydrogen (secondary N) is 1. The molecule has 20 heavy (non-hydrogen) atoms. The van der Waals surface area contributed by atoms with Crippen molar-refractivity contribution in [2.45, 2.75) is 32.4 Å². The van der Waals surface area contributed by atoms with Gasteiger partial charge in [0.15, 0.2) is 0 Å². The number of hydrogen-bond donors (Lipinski definition) is 2. The lowest BCUT2D eigenvalue weighted by molar-refractivity contribution is -0.119. The minimum Gasteiger partial charge on any atom is -0.396 e. The van der Waals surface area contributed by atoms with Crippen molar-refractivity contribution < 1.29 is 9.90 Å².